The van der Waals surface area contributed by atoms with Crippen LogP contribution in [0.25, 0.3) is 5.52 Å². The van der Waals surface area contributed by atoms with E-state index in [1.807, 2.05) is 13.0 Å². The highest BCUT2D eigenvalue weighted by atomic mass is 19.1. The van der Waals surface area contributed by atoms with E-state index in [2.05, 4.69) is 30.9 Å². The highest BCUT2D eigenvalue weighted by Crippen LogP contribution is 2.37. The Morgan fingerprint density at radius 2 is 2.22 bits per heavy atom. The Hall–Kier alpha value is -3.21. The van der Waals surface area contributed by atoms with Crippen molar-refractivity contribution in [3.63, 3.8) is 0 Å². The molecule has 3 heterocycles. The van der Waals surface area contributed by atoms with E-state index in [9.17, 15) is 9.18 Å². The molecule has 0 radical (unpaired) electrons. The van der Waals surface area contributed by atoms with Crippen molar-refractivity contribution in [3.8, 4) is 0 Å². The van der Waals surface area contributed by atoms with E-state index in [0.29, 0.717) is 29.5 Å². The van der Waals surface area contributed by atoms with Gasteiger partial charge in [0.1, 0.15) is 11.6 Å². The molecule has 0 aromatic carbocycles. The first-order valence-corrected chi connectivity index (χ1v) is 10.8. The topological polar surface area (TPSA) is 118 Å². The molecule has 0 saturated heterocycles. The molecule has 32 heavy (non-hydrogen) atoms. The van der Waals surface area contributed by atoms with Crippen molar-refractivity contribution >= 4 is 23.2 Å². The maximum Gasteiger partial charge on any atom is 0.407 e. The number of hydrogen-bond donors (Lipinski definition) is 3. The van der Waals surface area contributed by atoms with Gasteiger partial charge in [-0.1, -0.05) is 0 Å². The molecule has 0 bridgehead atoms. The molecule has 10 nitrogen and oxygen atoms in total. The molecular formula is C21H26FN7O3. The minimum absolute atomic E-state index is 0.0881. The summed E-state index contributed by atoms with van der Waals surface area (Å²) in [6.07, 6.45) is 5.20. The zero-order chi connectivity index (χ0) is 22.3. The summed E-state index contributed by atoms with van der Waals surface area (Å²) >= 11 is 0. The summed E-state index contributed by atoms with van der Waals surface area (Å²) < 4.78 is 26.1. The van der Waals surface area contributed by atoms with Crippen LogP contribution in [0.5, 0.6) is 0 Å². The number of rotatable bonds is 7. The Labute approximate surface area is 183 Å². The molecule has 2 aliphatic carbocycles. The van der Waals surface area contributed by atoms with Gasteiger partial charge in [-0.2, -0.15) is 19.6 Å². The Balaban J connectivity index is 1.24. The predicted molar refractivity (Wildman–Crippen MR) is 113 cm³/mol. The Morgan fingerprint density at radius 1 is 1.38 bits per heavy atom. The first-order chi connectivity index (χ1) is 15.4. The average Bonchev–Trinajstić information content (AvgIpc) is 3.14. The summed E-state index contributed by atoms with van der Waals surface area (Å²) in [5.74, 6) is 0.391. The van der Waals surface area contributed by atoms with Crippen molar-refractivity contribution in [3.05, 3.63) is 35.7 Å². The molecule has 3 N–H and O–H groups in total. The number of aromatic nitrogens is 5. The molecular weight excluding hydrogens is 417 g/mol. The second kappa shape index (κ2) is 8.05. The van der Waals surface area contributed by atoms with E-state index in [1.54, 1.807) is 13.2 Å². The number of amides is 1. The van der Waals surface area contributed by atoms with Crippen LogP contribution in [0.4, 0.5) is 20.8 Å². The third-order valence-electron chi connectivity index (χ3n) is 6.11. The number of anilines is 2. The van der Waals surface area contributed by atoms with Crippen molar-refractivity contribution in [2.24, 2.45) is 0 Å². The van der Waals surface area contributed by atoms with Gasteiger partial charge in [0.05, 0.1) is 18.5 Å². The highest BCUT2D eigenvalue weighted by Gasteiger charge is 2.40. The van der Waals surface area contributed by atoms with Crippen LogP contribution in [0.15, 0.2) is 18.3 Å². The zero-order valence-electron chi connectivity index (χ0n) is 18.0. The fourth-order valence-electron chi connectivity index (χ4n) is 4.13. The fourth-order valence-corrected chi connectivity index (χ4v) is 4.13. The minimum atomic E-state index is -0.656. The summed E-state index contributed by atoms with van der Waals surface area (Å²) in [5, 5.41) is 17.6. The van der Waals surface area contributed by atoms with Gasteiger partial charge in [0, 0.05) is 30.3 Å². The smallest absolute Gasteiger partial charge is 0.407 e. The van der Waals surface area contributed by atoms with Gasteiger partial charge in [0.2, 0.25) is 5.95 Å². The third kappa shape index (κ3) is 4.38. The van der Waals surface area contributed by atoms with E-state index in [0.717, 1.165) is 37.8 Å². The van der Waals surface area contributed by atoms with E-state index < -0.39 is 5.95 Å². The highest BCUT2D eigenvalue weighted by molar-refractivity contribution is 5.72. The molecule has 0 unspecified atom stereocenters. The second-order valence-corrected chi connectivity index (χ2v) is 8.87. The van der Waals surface area contributed by atoms with E-state index in [1.165, 1.54) is 10.7 Å². The third-order valence-corrected chi connectivity index (χ3v) is 6.11. The maximum absolute atomic E-state index is 14.0. The number of methoxy groups -OCH3 is 1. The number of halogens is 1. The molecule has 2 aliphatic rings. The van der Waals surface area contributed by atoms with Gasteiger partial charge in [-0.3, -0.25) is 5.10 Å². The summed E-state index contributed by atoms with van der Waals surface area (Å²) in [6.45, 7) is 2.34. The maximum atomic E-state index is 14.0. The molecule has 0 aliphatic heterocycles. The van der Waals surface area contributed by atoms with Crippen molar-refractivity contribution in [1.29, 1.82) is 0 Å². The molecule has 2 atom stereocenters. The number of alkyl carbamates (subject to hydrolysis) is 1. The zero-order valence-corrected chi connectivity index (χ0v) is 18.0. The number of H-pyrrole nitrogens is 1. The number of ether oxygens (including phenoxy) is 2. The van der Waals surface area contributed by atoms with Crippen LogP contribution in [0, 0.1) is 5.95 Å². The van der Waals surface area contributed by atoms with Gasteiger partial charge in [-0.15, -0.1) is 0 Å². The minimum Gasteiger partial charge on any atom is -0.446 e. The van der Waals surface area contributed by atoms with Gasteiger partial charge >= 0.3 is 6.09 Å². The first-order valence-electron chi connectivity index (χ1n) is 10.8. The van der Waals surface area contributed by atoms with Gasteiger partial charge in [0.25, 0.3) is 0 Å². The van der Waals surface area contributed by atoms with Gasteiger partial charge in [-0.25, -0.2) is 9.31 Å². The van der Waals surface area contributed by atoms with Crippen LogP contribution in [0.3, 0.4) is 0 Å². The standard InChI is InChI=1S/C21H26FN7O3/c1-21(5-6-21)25-20(30)32-14-4-3-12(7-14)15-9-18(27-26-15)24-19-16-8-13(11-31-2)28-29(16)10-17(22)23-19/h8-10,12,14H,3-7,11H2,1-2H3,(H,25,30)(H2,23,24,26,27)/t12-,14+/m0/s1. The molecule has 11 heteroatoms. The van der Waals surface area contributed by atoms with Crippen LogP contribution in [0.1, 0.15) is 56.3 Å². The summed E-state index contributed by atoms with van der Waals surface area (Å²) in [7, 11) is 1.58. The number of carbonyl (C=O) groups excluding carboxylic acids is 1. The number of nitrogens with zero attached hydrogens (tertiary/aromatic N) is 4. The molecule has 5 rings (SSSR count). The number of aromatic amines is 1. The van der Waals surface area contributed by atoms with E-state index in [-0.39, 0.29) is 23.7 Å². The molecule has 0 spiro atoms. The van der Waals surface area contributed by atoms with Crippen LogP contribution in [-0.4, -0.2) is 49.6 Å². The molecule has 3 aromatic rings. The number of carbonyl (C=O) groups is 1. The van der Waals surface area contributed by atoms with Crippen LogP contribution >= 0.6 is 0 Å². The molecule has 2 fully saturated rings. The largest absolute Gasteiger partial charge is 0.446 e. The monoisotopic (exact) mass is 443 g/mol. The Kier molecular flexibility index (Phi) is 5.20. The number of fused-ring (bicyclic) bond motifs is 1. The van der Waals surface area contributed by atoms with Crippen LogP contribution in [-0.2, 0) is 16.1 Å². The first kappa shape index (κ1) is 20.7. The van der Waals surface area contributed by atoms with E-state index in [4.69, 9.17) is 9.47 Å². The van der Waals surface area contributed by atoms with E-state index >= 15 is 0 Å². The lowest BCUT2D eigenvalue weighted by Gasteiger charge is -2.16. The normalized spacial score (nSPS) is 21.6. The van der Waals surface area contributed by atoms with Crippen LogP contribution < -0.4 is 10.6 Å². The average molecular weight is 443 g/mol. The quantitative estimate of drug-likeness (QED) is 0.512. The summed E-state index contributed by atoms with van der Waals surface area (Å²) in [6, 6.07) is 3.67. The second-order valence-electron chi connectivity index (χ2n) is 8.87. The Bertz CT molecular complexity index is 1140. The number of nitrogens with one attached hydrogen (secondary N) is 3. The van der Waals surface area contributed by atoms with Crippen LogP contribution in [0.2, 0.25) is 0 Å². The van der Waals surface area contributed by atoms with Crippen molar-refractivity contribution < 1.29 is 18.7 Å². The lowest BCUT2D eigenvalue weighted by Crippen LogP contribution is -2.36. The predicted octanol–water partition coefficient (Wildman–Crippen LogP) is 3.40. The lowest BCUT2D eigenvalue weighted by molar-refractivity contribution is 0.0967. The molecule has 2 saturated carbocycles. The fraction of sp³-hybridized carbons (Fsp3) is 0.524. The lowest BCUT2D eigenvalue weighted by atomic mass is 10.0. The summed E-state index contributed by atoms with van der Waals surface area (Å²) in [5.41, 5.74) is 2.14. The summed E-state index contributed by atoms with van der Waals surface area (Å²) in [4.78, 5) is 16.0. The molecule has 1 amide bonds. The van der Waals surface area contributed by atoms with Crippen molar-refractivity contribution in [1.82, 2.24) is 30.1 Å². The number of hydrogen-bond acceptors (Lipinski definition) is 7. The molecule has 170 valence electrons. The SMILES string of the molecule is COCc1cc2c(Nc3cc([C@H]4CC[C@@H](OC(=O)NC5(C)CC5)C4)[nH]n3)nc(F)cn2n1. The molecule has 3 aromatic heterocycles. The van der Waals surface area contributed by atoms with Gasteiger partial charge in [-0.05, 0) is 45.1 Å². The van der Waals surface area contributed by atoms with Crippen molar-refractivity contribution in [2.75, 3.05) is 12.4 Å². The van der Waals surface area contributed by atoms with Crippen molar-refractivity contribution in [2.45, 2.75) is 63.2 Å². The Morgan fingerprint density at radius 3 is 3.00 bits per heavy atom. The van der Waals surface area contributed by atoms with Gasteiger partial charge < -0.3 is 20.1 Å². The van der Waals surface area contributed by atoms with Gasteiger partial charge in [0.15, 0.2) is 11.6 Å².